The summed E-state index contributed by atoms with van der Waals surface area (Å²) in [4.78, 5) is 29.6. The second-order valence-corrected chi connectivity index (χ2v) is 7.95. The van der Waals surface area contributed by atoms with Crippen molar-refractivity contribution in [2.45, 2.75) is 32.7 Å². The molecule has 2 amide bonds. The van der Waals surface area contributed by atoms with Gasteiger partial charge in [-0.15, -0.1) is 0 Å². The van der Waals surface area contributed by atoms with Crippen molar-refractivity contribution in [1.82, 2.24) is 20.0 Å². The van der Waals surface area contributed by atoms with Gasteiger partial charge in [0.15, 0.2) is 0 Å². The van der Waals surface area contributed by atoms with E-state index in [2.05, 4.69) is 10.2 Å². The molecule has 8 heteroatoms. The second-order valence-electron chi connectivity index (χ2n) is 7.95. The number of benzene rings is 1. The molecule has 29 heavy (non-hydrogen) atoms. The average molecular weight is 400 g/mol. The van der Waals surface area contributed by atoms with Gasteiger partial charge in [-0.25, -0.2) is 4.39 Å². The van der Waals surface area contributed by atoms with Crippen LogP contribution < -0.4 is 4.74 Å². The van der Waals surface area contributed by atoms with E-state index in [1.807, 2.05) is 6.92 Å². The number of halogens is 1. The SMILES string of the molecule is COc1ccc(F)c(CN2CCC[C@@]3(CCN(C(=O)c4cn[nH]c4C)C3)C2=O)c1. The normalized spacial score (nSPS) is 21.8. The van der Waals surface area contributed by atoms with Gasteiger partial charge >= 0.3 is 0 Å². The molecule has 1 N–H and O–H groups in total. The van der Waals surface area contributed by atoms with Crippen molar-refractivity contribution < 1.29 is 18.7 Å². The van der Waals surface area contributed by atoms with Crippen LogP contribution in [-0.2, 0) is 11.3 Å². The Balaban J connectivity index is 1.50. The third-order valence-corrected chi connectivity index (χ3v) is 6.14. The van der Waals surface area contributed by atoms with Crippen LogP contribution in [0.3, 0.4) is 0 Å². The van der Waals surface area contributed by atoms with Crippen molar-refractivity contribution in [3.8, 4) is 5.75 Å². The molecule has 7 nitrogen and oxygen atoms in total. The summed E-state index contributed by atoms with van der Waals surface area (Å²) in [6.45, 7) is 3.54. The fourth-order valence-electron chi connectivity index (χ4n) is 4.47. The Bertz CT molecular complexity index is 944. The van der Waals surface area contributed by atoms with Crippen LogP contribution in [0.4, 0.5) is 4.39 Å². The van der Waals surface area contributed by atoms with E-state index in [-0.39, 0.29) is 24.2 Å². The zero-order valence-electron chi connectivity index (χ0n) is 16.7. The molecule has 3 heterocycles. The summed E-state index contributed by atoms with van der Waals surface area (Å²) < 4.78 is 19.4. The molecule has 0 aliphatic carbocycles. The number of hydrogen-bond donors (Lipinski definition) is 1. The third-order valence-electron chi connectivity index (χ3n) is 6.14. The van der Waals surface area contributed by atoms with E-state index in [1.54, 1.807) is 21.9 Å². The molecule has 2 aliphatic rings. The number of rotatable bonds is 4. The summed E-state index contributed by atoms with van der Waals surface area (Å²) in [5.41, 5.74) is 1.12. The summed E-state index contributed by atoms with van der Waals surface area (Å²) >= 11 is 0. The van der Waals surface area contributed by atoms with Gasteiger partial charge in [0.1, 0.15) is 11.6 Å². The lowest BCUT2D eigenvalue weighted by atomic mass is 9.78. The largest absolute Gasteiger partial charge is 0.497 e. The van der Waals surface area contributed by atoms with E-state index in [1.165, 1.54) is 19.4 Å². The quantitative estimate of drug-likeness (QED) is 0.856. The summed E-state index contributed by atoms with van der Waals surface area (Å²) in [6, 6.07) is 4.56. The fourth-order valence-corrected chi connectivity index (χ4v) is 4.47. The van der Waals surface area contributed by atoms with Crippen molar-refractivity contribution >= 4 is 11.8 Å². The number of carbonyl (C=O) groups is 2. The van der Waals surface area contributed by atoms with Crippen LogP contribution in [0.25, 0.3) is 0 Å². The molecule has 2 aromatic rings. The molecule has 1 spiro atoms. The van der Waals surface area contributed by atoms with Crippen LogP contribution in [-0.4, -0.2) is 58.6 Å². The standard InChI is InChI=1S/C21H25FN4O3/c1-14-17(11-23-24-14)19(27)26-9-7-21(13-26)6-3-8-25(20(21)28)12-15-10-16(29-2)4-5-18(15)22/h4-5,10-11H,3,6-9,12-13H2,1-2H3,(H,23,24)/t21-/m0/s1. The van der Waals surface area contributed by atoms with Crippen LogP contribution in [0.15, 0.2) is 24.4 Å². The Morgan fingerprint density at radius 3 is 2.90 bits per heavy atom. The lowest BCUT2D eigenvalue weighted by Gasteiger charge is -2.39. The molecule has 1 atom stereocenters. The van der Waals surface area contributed by atoms with Crippen LogP contribution in [0, 0.1) is 18.2 Å². The number of H-pyrrole nitrogens is 1. The van der Waals surface area contributed by atoms with Gasteiger partial charge in [-0.1, -0.05) is 0 Å². The first-order valence-electron chi connectivity index (χ1n) is 9.84. The maximum absolute atomic E-state index is 14.3. The lowest BCUT2D eigenvalue weighted by Crippen LogP contribution is -2.50. The first kappa shape index (κ1) is 19.4. The number of ether oxygens (including phenoxy) is 1. The average Bonchev–Trinajstić information content (AvgIpc) is 3.34. The Morgan fingerprint density at radius 1 is 1.34 bits per heavy atom. The number of aryl methyl sites for hydroxylation is 1. The molecule has 2 saturated heterocycles. The molecule has 2 fully saturated rings. The van der Waals surface area contributed by atoms with E-state index >= 15 is 0 Å². The summed E-state index contributed by atoms with van der Waals surface area (Å²) in [7, 11) is 1.53. The Labute approximate surface area is 168 Å². The van der Waals surface area contributed by atoms with Crippen molar-refractivity contribution in [2.24, 2.45) is 5.41 Å². The number of piperidine rings is 1. The first-order valence-corrected chi connectivity index (χ1v) is 9.84. The van der Waals surface area contributed by atoms with E-state index < -0.39 is 5.41 Å². The molecular weight excluding hydrogens is 375 g/mol. The monoisotopic (exact) mass is 400 g/mol. The number of carbonyl (C=O) groups excluding carboxylic acids is 2. The summed E-state index contributed by atoms with van der Waals surface area (Å²) in [6.07, 6.45) is 3.75. The zero-order chi connectivity index (χ0) is 20.6. The maximum atomic E-state index is 14.3. The predicted molar refractivity (Wildman–Crippen MR) is 104 cm³/mol. The molecular formula is C21H25FN4O3. The van der Waals surface area contributed by atoms with E-state index in [4.69, 9.17) is 4.74 Å². The second kappa shape index (κ2) is 7.50. The van der Waals surface area contributed by atoms with E-state index in [0.29, 0.717) is 42.9 Å². The van der Waals surface area contributed by atoms with Crippen molar-refractivity contribution in [3.63, 3.8) is 0 Å². The molecule has 0 radical (unpaired) electrons. The number of aromatic nitrogens is 2. The van der Waals surface area contributed by atoms with Gasteiger partial charge in [-0.05, 0) is 44.4 Å². The zero-order valence-corrected chi connectivity index (χ0v) is 16.7. The Morgan fingerprint density at radius 2 is 2.17 bits per heavy atom. The van der Waals surface area contributed by atoms with Crippen LogP contribution in [0.2, 0.25) is 0 Å². The minimum Gasteiger partial charge on any atom is -0.497 e. The first-order chi connectivity index (χ1) is 13.9. The lowest BCUT2D eigenvalue weighted by molar-refractivity contribution is -0.146. The van der Waals surface area contributed by atoms with Crippen molar-refractivity contribution in [2.75, 3.05) is 26.7 Å². The summed E-state index contributed by atoms with van der Waals surface area (Å²) in [5.74, 6) is 0.118. The highest BCUT2D eigenvalue weighted by molar-refractivity contribution is 5.96. The molecule has 0 unspecified atom stereocenters. The molecule has 0 bridgehead atoms. The number of amides is 2. The highest BCUT2D eigenvalue weighted by Gasteiger charge is 2.49. The van der Waals surface area contributed by atoms with Gasteiger partial charge in [0.2, 0.25) is 5.91 Å². The smallest absolute Gasteiger partial charge is 0.257 e. The highest BCUT2D eigenvalue weighted by Crippen LogP contribution is 2.41. The van der Waals surface area contributed by atoms with Crippen LogP contribution in [0.5, 0.6) is 5.75 Å². The topological polar surface area (TPSA) is 78.5 Å². The number of methoxy groups -OCH3 is 1. The van der Waals surface area contributed by atoms with Gasteiger partial charge in [0.25, 0.3) is 5.91 Å². The molecule has 154 valence electrons. The molecule has 0 saturated carbocycles. The van der Waals surface area contributed by atoms with Gasteiger partial charge in [-0.3, -0.25) is 14.7 Å². The Kier molecular flexibility index (Phi) is 5.02. The minimum atomic E-state index is -0.582. The van der Waals surface area contributed by atoms with Gasteiger partial charge in [-0.2, -0.15) is 5.10 Å². The van der Waals surface area contributed by atoms with Gasteiger partial charge in [0.05, 0.1) is 24.3 Å². The Hall–Kier alpha value is -2.90. The van der Waals surface area contributed by atoms with Crippen LogP contribution >= 0.6 is 0 Å². The number of likely N-dealkylation sites (tertiary alicyclic amines) is 2. The number of nitrogens with one attached hydrogen (secondary N) is 1. The third kappa shape index (κ3) is 3.47. The van der Waals surface area contributed by atoms with Crippen LogP contribution in [0.1, 0.15) is 40.9 Å². The summed E-state index contributed by atoms with van der Waals surface area (Å²) in [5, 5.41) is 6.70. The molecule has 1 aromatic heterocycles. The highest BCUT2D eigenvalue weighted by atomic mass is 19.1. The maximum Gasteiger partial charge on any atom is 0.257 e. The van der Waals surface area contributed by atoms with E-state index in [0.717, 1.165) is 18.5 Å². The fraction of sp³-hybridized carbons (Fsp3) is 0.476. The molecule has 1 aromatic carbocycles. The molecule has 2 aliphatic heterocycles. The van der Waals surface area contributed by atoms with Gasteiger partial charge < -0.3 is 14.5 Å². The molecule has 4 rings (SSSR count). The number of nitrogens with zero attached hydrogens (tertiary/aromatic N) is 3. The number of aromatic amines is 1. The predicted octanol–water partition coefficient (Wildman–Crippen LogP) is 2.52. The van der Waals surface area contributed by atoms with Gasteiger partial charge in [0, 0.05) is 37.4 Å². The van der Waals surface area contributed by atoms with Crippen molar-refractivity contribution in [3.05, 3.63) is 47.0 Å². The minimum absolute atomic E-state index is 0.00480. The van der Waals surface area contributed by atoms with Crippen molar-refractivity contribution in [1.29, 1.82) is 0 Å². The van der Waals surface area contributed by atoms with E-state index in [9.17, 15) is 14.0 Å². The number of hydrogen-bond acceptors (Lipinski definition) is 4.